The van der Waals surface area contributed by atoms with E-state index in [9.17, 15) is 0 Å². The van der Waals surface area contributed by atoms with Crippen molar-refractivity contribution in [2.24, 2.45) is 0 Å². The van der Waals surface area contributed by atoms with Crippen molar-refractivity contribution in [1.82, 2.24) is 0 Å². The molecule has 0 spiro atoms. The van der Waals surface area contributed by atoms with Gasteiger partial charge in [0.25, 0.3) is 0 Å². The lowest BCUT2D eigenvalue weighted by Gasteiger charge is -2.31. The van der Waals surface area contributed by atoms with Crippen LogP contribution in [0.25, 0.3) is 0 Å². The number of hydrogen-bond acceptors (Lipinski definition) is 0. The van der Waals surface area contributed by atoms with Crippen molar-refractivity contribution < 1.29 is 21.5 Å². The second-order valence-electron chi connectivity index (χ2n) is 3.02. The molecule has 0 aliphatic carbocycles. The van der Waals surface area contributed by atoms with Crippen molar-refractivity contribution in [2.75, 3.05) is 32.0 Å². The first-order chi connectivity index (χ1) is 4.68. The van der Waals surface area contributed by atoms with Crippen LogP contribution in [0.3, 0.4) is 0 Å². The van der Waals surface area contributed by atoms with Gasteiger partial charge >= 0.3 is 0 Å². The van der Waals surface area contributed by atoms with E-state index in [-0.39, 0.29) is 17.0 Å². The van der Waals surface area contributed by atoms with Crippen LogP contribution in [0, 0.1) is 0 Å². The van der Waals surface area contributed by atoms with Gasteiger partial charge in [0.1, 0.15) is 0 Å². The Bertz CT molecular complexity index is 82.2. The van der Waals surface area contributed by atoms with E-state index in [0.29, 0.717) is 0 Å². The monoisotopic (exact) mass is 287 g/mol. The number of halogens is 2. The summed E-state index contributed by atoms with van der Waals surface area (Å²) in [5.74, 6) is 0. The molecule has 0 N–H and O–H groups in total. The van der Waals surface area contributed by atoms with E-state index in [4.69, 9.17) is 0 Å². The predicted molar refractivity (Wildman–Crippen MR) is 50.5 cm³/mol. The summed E-state index contributed by atoms with van der Waals surface area (Å²) in [6.07, 6.45) is 1.29. The van der Waals surface area contributed by atoms with Gasteiger partial charge in [0.15, 0.2) is 0 Å². The van der Waals surface area contributed by atoms with Gasteiger partial charge in [0, 0.05) is 11.8 Å². The second-order valence-corrected chi connectivity index (χ2v) is 3.81. The SMILES string of the molecule is CC[N+](C)(CC)CCCBr.[Br-]. The first kappa shape index (κ1) is 14.4. The minimum Gasteiger partial charge on any atom is -1.00 e. The van der Waals surface area contributed by atoms with Gasteiger partial charge in [-0.1, -0.05) is 15.9 Å². The van der Waals surface area contributed by atoms with E-state index in [1.165, 1.54) is 30.5 Å². The molecular weight excluding hydrogens is 270 g/mol. The summed E-state index contributed by atoms with van der Waals surface area (Å²) in [6.45, 7) is 8.33. The summed E-state index contributed by atoms with van der Waals surface area (Å²) in [4.78, 5) is 0. The third kappa shape index (κ3) is 6.12. The molecular formula is C8H19Br2N. The lowest BCUT2D eigenvalue weighted by Crippen LogP contribution is -3.00. The average Bonchev–Trinajstić information content (AvgIpc) is 2.00. The summed E-state index contributed by atoms with van der Waals surface area (Å²) in [6, 6.07) is 0. The van der Waals surface area contributed by atoms with Gasteiger partial charge in [0.05, 0.1) is 26.7 Å². The van der Waals surface area contributed by atoms with Crippen LogP contribution in [0.1, 0.15) is 20.3 Å². The molecule has 0 rings (SSSR count). The van der Waals surface area contributed by atoms with Crippen LogP contribution in [0.5, 0.6) is 0 Å². The number of nitrogens with zero attached hydrogens (tertiary/aromatic N) is 1. The van der Waals surface area contributed by atoms with Gasteiger partial charge in [-0.15, -0.1) is 0 Å². The summed E-state index contributed by atoms with van der Waals surface area (Å²) < 4.78 is 1.21. The Morgan fingerprint density at radius 3 is 1.91 bits per heavy atom. The fraction of sp³-hybridized carbons (Fsp3) is 1.00. The van der Waals surface area contributed by atoms with Crippen LogP contribution in [0.15, 0.2) is 0 Å². The summed E-state index contributed by atoms with van der Waals surface area (Å²) >= 11 is 3.45. The Balaban J connectivity index is 0. The highest BCUT2D eigenvalue weighted by Crippen LogP contribution is 2.03. The van der Waals surface area contributed by atoms with E-state index >= 15 is 0 Å². The highest BCUT2D eigenvalue weighted by Gasteiger charge is 2.14. The Morgan fingerprint density at radius 1 is 1.18 bits per heavy atom. The van der Waals surface area contributed by atoms with Gasteiger partial charge < -0.3 is 21.5 Å². The maximum absolute atomic E-state index is 3.45. The predicted octanol–water partition coefficient (Wildman–Crippen LogP) is -0.738. The van der Waals surface area contributed by atoms with E-state index in [0.717, 1.165) is 5.33 Å². The largest absolute Gasteiger partial charge is 1.00 e. The average molecular weight is 289 g/mol. The lowest BCUT2D eigenvalue weighted by atomic mass is 10.3. The summed E-state index contributed by atoms with van der Waals surface area (Å²) in [5.41, 5.74) is 0. The molecule has 0 fully saturated rings. The molecule has 0 atom stereocenters. The zero-order valence-electron chi connectivity index (χ0n) is 7.74. The molecule has 0 saturated carbocycles. The molecule has 3 heteroatoms. The molecule has 0 aromatic carbocycles. The zero-order chi connectivity index (χ0) is 8.04. The number of hydrogen-bond donors (Lipinski definition) is 0. The zero-order valence-corrected chi connectivity index (χ0v) is 10.9. The number of rotatable bonds is 5. The lowest BCUT2D eigenvalue weighted by molar-refractivity contribution is -0.906. The molecule has 0 radical (unpaired) electrons. The standard InChI is InChI=1S/C8H19BrN.BrH/c1-4-10(3,5-2)8-6-7-9;/h4-8H2,1-3H3;1H/q+1;/p-1. The van der Waals surface area contributed by atoms with Crippen molar-refractivity contribution in [3.05, 3.63) is 0 Å². The quantitative estimate of drug-likeness (QED) is 0.462. The van der Waals surface area contributed by atoms with Crippen LogP contribution in [0.4, 0.5) is 0 Å². The molecule has 0 bridgehead atoms. The van der Waals surface area contributed by atoms with Crippen LogP contribution in [-0.4, -0.2) is 36.5 Å². The Morgan fingerprint density at radius 2 is 1.64 bits per heavy atom. The molecule has 0 aromatic heterocycles. The van der Waals surface area contributed by atoms with Crippen LogP contribution in [-0.2, 0) is 0 Å². The van der Waals surface area contributed by atoms with Gasteiger partial charge in [-0.3, -0.25) is 0 Å². The van der Waals surface area contributed by atoms with E-state index in [1.54, 1.807) is 0 Å². The Kier molecular flexibility index (Phi) is 9.93. The fourth-order valence-electron chi connectivity index (χ4n) is 0.981. The third-order valence-corrected chi connectivity index (χ3v) is 2.92. The topological polar surface area (TPSA) is 0 Å². The van der Waals surface area contributed by atoms with E-state index in [1.807, 2.05) is 0 Å². The Hall–Kier alpha value is 0.920. The van der Waals surface area contributed by atoms with Crippen molar-refractivity contribution in [3.63, 3.8) is 0 Å². The van der Waals surface area contributed by atoms with Crippen molar-refractivity contribution in [1.29, 1.82) is 0 Å². The molecule has 1 nitrogen and oxygen atoms in total. The molecule has 70 valence electrons. The van der Waals surface area contributed by atoms with Gasteiger partial charge in [-0.2, -0.15) is 0 Å². The van der Waals surface area contributed by atoms with E-state index in [2.05, 4.69) is 36.8 Å². The molecule has 0 saturated heterocycles. The van der Waals surface area contributed by atoms with E-state index < -0.39 is 0 Å². The molecule has 0 amide bonds. The van der Waals surface area contributed by atoms with Gasteiger partial charge in [-0.05, 0) is 13.8 Å². The first-order valence-electron chi connectivity index (χ1n) is 4.08. The van der Waals surface area contributed by atoms with Gasteiger partial charge in [0.2, 0.25) is 0 Å². The summed E-state index contributed by atoms with van der Waals surface area (Å²) in [7, 11) is 2.32. The smallest absolute Gasteiger partial charge is 0.0792 e. The molecule has 0 unspecified atom stereocenters. The van der Waals surface area contributed by atoms with Crippen LogP contribution < -0.4 is 17.0 Å². The highest BCUT2D eigenvalue weighted by atomic mass is 79.9. The van der Waals surface area contributed by atoms with Gasteiger partial charge in [-0.25, -0.2) is 0 Å². The fourth-order valence-corrected chi connectivity index (χ4v) is 1.23. The maximum atomic E-state index is 3.45. The molecule has 11 heavy (non-hydrogen) atoms. The molecule has 0 aliphatic heterocycles. The highest BCUT2D eigenvalue weighted by molar-refractivity contribution is 9.09. The van der Waals surface area contributed by atoms with Crippen molar-refractivity contribution in [3.8, 4) is 0 Å². The molecule has 0 aromatic rings. The normalized spacial score (nSPS) is 10.9. The second kappa shape index (κ2) is 7.56. The molecule has 0 aliphatic rings. The van der Waals surface area contributed by atoms with Crippen molar-refractivity contribution in [2.45, 2.75) is 20.3 Å². The first-order valence-corrected chi connectivity index (χ1v) is 5.20. The minimum atomic E-state index is 0. The number of alkyl halides is 1. The van der Waals surface area contributed by atoms with Crippen LogP contribution >= 0.6 is 15.9 Å². The Labute approximate surface area is 89.6 Å². The summed E-state index contributed by atoms with van der Waals surface area (Å²) in [5, 5.41) is 1.14. The van der Waals surface area contributed by atoms with Crippen molar-refractivity contribution >= 4 is 15.9 Å². The number of quaternary nitrogens is 1. The third-order valence-electron chi connectivity index (χ3n) is 2.36. The molecule has 0 heterocycles. The maximum Gasteiger partial charge on any atom is 0.0792 e. The van der Waals surface area contributed by atoms with Crippen LogP contribution in [0.2, 0.25) is 0 Å². The minimum absolute atomic E-state index is 0.